The fourth-order valence-electron chi connectivity index (χ4n) is 1.22. The van der Waals surface area contributed by atoms with Crippen molar-refractivity contribution in [1.29, 1.82) is 0 Å². The molecule has 78 valence electrons. The predicted molar refractivity (Wildman–Crippen MR) is 44.9 cm³/mol. The van der Waals surface area contributed by atoms with Crippen molar-refractivity contribution in [3.05, 3.63) is 29.7 Å². The van der Waals surface area contributed by atoms with E-state index in [1.165, 1.54) is 0 Å². The number of carbonyl (C=O) groups is 1. The van der Waals surface area contributed by atoms with Crippen LogP contribution in [-0.2, 0) is 0 Å². The first kappa shape index (κ1) is 9.50. The van der Waals surface area contributed by atoms with Crippen molar-refractivity contribution in [3.63, 3.8) is 0 Å². The maximum atomic E-state index is 12.4. The average Bonchev–Trinajstić information content (AvgIpc) is 2.62. The van der Waals surface area contributed by atoms with E-state index < -0.39 is 12.4 Å². The Balaban J connectivity index is 2.74. The Morgan fingerprint density at radius 3 is 2.80 bits per heavy atom. The summed E-state index contributed by atoms with van der Waals surface area (Å²) in [6.07, 6.45) is -1.62. The number of hydrogen-bond donors (Lipinski definition) is 1. The molecule has 0 atom stereocenters. The molecule has 0 aromatic carbocycles. The molecular formula is C8H5F2N3O2. The number of hydrogen-bond acceptors (Lipinski definition) is 3. The van der Waals surface area contributed by atoms with E-state index in [4.69, 9.17) is 5.11 Å². The minimum absolute atomic E-state index is 0.0881. The molecule has 0 radical (unpaired) electrons. The van der Waals surface area contributed by atoms with Crippen LogP contribution in [0.4, 0.5) is 8.78 Å². The number of fused-ring (bicyclic) bond motifs is 1. The van der Waals surface area contributed by atoms with Gasteiger partial charge in [-0.25, -0.2) is 23.1 Å². The van der Waals surface area contributed by atoms with Crippen molar-refractivity contribution in [2.24, 2.45) is 0 Å². The Bertz CT molecular complexity index is 524. The number of carboxylic acids is 1. The van der Waals surface area contributed by atoms with E-state index in [1.54, 1.807) is 0 Å². The molecule has 2 rings (SSSR count). The Labute approximate surface area is 82.0 Å². The molecule has 2 heterocycles. The van der Waals surface area contributed by atoms with Gasteiger partial charge in [0.15, 0.2) is 11.3 Å². The highest BCUT2D eigenvalue weighted by Crippen LogP contribution is 2.21. The van der Waals surface area contributed by atoms with Crippen LogP contribution in [0.2, 0.25) is 0 Å². The van der Waals surface area contributed by atoms with E-state index in [2.05, 4.69) is 10.1 Å². The number of pyridine rings is 1. The van der Waals surface area contributed by atoms with Crippen LogP contribution in [0.25, 0.3) is 5.65 Å². The van der Waals surface area contributed by atoms with Crippen molar-refractivity contribution in [3.8, 4) is 0 Å². The van der Waals surface area contributed by atoms with Crippen molar-refractivity contribution < 1.29 is 18.7 Å². The monoisotopic (exact) mass is 213 g/mol. The van der Waals surface area contributed by atoms with Gasteiger partial charge in [-0.15, -0.1) is 0 Å². The maximum Gasteiger partial charge on any atom is 0.354 e. The van der Waals surface area contributed by atoms with Crippen molar-refractivity contribution >= 4 is 11.6 Å². The average molecular weight is 213 g/mol. The molecule has 0 aliphatic carbocycles. The minimum Gasteiger partial charge on any atom is -0.477 e. The van der Waals surface area contributed by atoms with E-state index in [9.17, 15) is 13.6 Å². The molecule has 0 aliphatic rings. The molecule has 0 fully saturated rings. The van der Waals surface area contributed by atoms with Gasteiger partial charge in [0, 0.05) is 5.56 Å². The third kappa shape index (κ3) is 1.51. The zero-order chi connectivity index (χ0) is 11.0. The zero-order valence-electron chi connectivity index (χ0n) is 7.26. The van der Waals surface area contributed by atoms with Crippen LogP contribution >= 0.6 is 0 Å². The zero-order valence-corrected chi connectivity index (χ0v) is 7.26. The third-order valence-electron chi connectivity index (χ3n) is 1.87. The largest absolute Gasteiger partial charge is 0.477 e. The molecule has 15 heavy (non-hydrogen) atoms. The summed E-state index contributed by atoms with van der Waals surface area (Å²) >= 11 is 0. The molecule has 0 bridgehead atoms. The van der Waals surface area contributed by atoms with Gasteiger partial charge in [0.2, 0.25) is 0 Å². The summed E-state index contributed by atoms with van der Waals surface area (Å²) in [5, 5.41) is 12.4. The van der Waals surface area contributed by atoms with Crippen molar-refractivity contribution in [2.45, 2.75) is 6.43 Å². The molecule has 1 N–H and O–H groups in total. The fourth-order valence-corrected chi connectivity index (χ4v) is 1.22. The highest BCUT2D eigenvalue weighted by atomic mass is 19.3. The fraction of sp³-hybridized carbons (Fsp3) is 0.125. The second kappa shape index (κ2) is 3.26. The molecule has 0 saturated heterocycles. The molecule has 7 heteroatoms. The number of aromatic nitrogens is 3. The number of rotatable bonds is 2. The van der Waals surface area contributed by atoms with Gasteiger partial charge in [-0.2, -0.15) is 5.10 Å². The molecule has 0 aliphatic heterocycles. The Morgan fingerprint density at radius 1 is 1.47 bits per heavy atom. The summed E-state index contributed by atoms with van der Waals surface area (Å²) in [7, 11) is 0. The van der Waals surface area contributed by atoms with Crippen LogP contribution in [0.3, 0.4) is 0 Å². The second-order valence-corrected chi connectivity index (χ2v) is 2.81. The highest BCUT2D eigenvalue weighted by Gasteiger charge is 2.16. The smallest absolute Gasteiger partial charge is 0.354 e. The van der Waals surface area contributed by atoms with Crippen LogP contribution in [0.15, 0.2) is 18.5 Å². The van der Waals surface area contributed by atoms with Crippen LogP contribution in [0.5, 0.6) is 0 Å². The molecule has 2 aromatic heterocycles. The van der Waals surface area contributed by atoms with Crippen LogP contribution in [0.1, 0.15) is 22.5 Å². The van der Waals surface area contributed by atoms with Gasteiger partial charge in [-0.1, -0.05) is 0 Å². The lowest BCUT2D eigenvalue weighted by Gasteiger charge is -2.03. The lowest BCUT2D eigenvalue weighted by atomic mass is 10.2. The molecule has 5 nitrogen and oxygen atoms in total. The SMILES string of the molecule is O=C(O)c1cc(C(F)F)cc2ncnn12. The first-order valence-corrected chi connectivity index (χ1v) is 3.94. The lowest BCUT2D eigenvalue weighted by molar-refractivity contribution is 0.0687. The van der Waals surface area contributed by atoms with E-state index in [-0.39, 0.29) is 16.9 Å². The van der Waals surface area contributed by atoms with Gasteiger partial charge >= 0.3 is 5.97 Å². The Hall–Kier alpha value is -2.05. The highest BCUT2D eigenvalue weighted by molar-refractivity contribution is 5.86. The van der Waals surface area contributed by atoms with E-state index >= 15 is 0 Å². The predicted octanol–water partition coefficient (Wildman–Crippen LogP) is 1.37. The number of aromatic carboxylic acids is 1. The molecule has 0 unspecified atom stereocenters. The van der Waals surface area contributed by atoms with Crippen LogP contribution < -0.4 is 0 Å². The molecular weight excluding hydrogens is 208 g/mol. The molecule has 0 amide bonds. The summed E-state index contributed by atoms with van der Waals surface area (Å²) in [5.74, 6) is -1.33. The van der Waals surface area contributed by atoms with Crippen LogP contribution in [0, 0.1) is 0 Å². The standard InChI is InChI=1S/C8H5F2N3O2/c9-7(10)4-1-5(8(14)15)13-6(2-4)11-3-12-13/h1-3,7H,(H,14,15). The van der Waals surface area contributed by atoms with Gasteiger partial charge in [0.25, 0.3) is 6.43 Å². The minimum atomic E-state index is -2.73. The molecule has 0 saturated carbocycles. The topological polar surface area (TPSA) is 67.5 Å². The van der Waals surface area contributed by atoms with E-state index in [0.717, 1.165) is 23.0 Å². The summed E-state index contributed by atoms with van der Waals surface area (Å²) in [6, 6.07) is 1.98. The van der Waals surface area contributed by atoms with Gasteiger partial charge < -0.3 is 5.11 Å². The lowest BCUT2D eigenvalue weighted by Crippen LogP contribution is -2.07. The second-order valence-electron chi connectivity index (χ2n) is 2.81. The quantitative estimate of drug-likeness (QED) is 0.817. The van der Waals surface area contributed by atoms with Gasteiger partial charge in [0.05, 0.1) is 0 Å². The Kier molecular flexibility index (Phi) is 2.07. The first-order chi connectivity index (χ1) is 7.09. The van der Waals surface area contributed by atoms with Crippen molar-refractivity contribution in [1.82, 2.24) is 14.6 Å². The van der Waals surface area contributed by atoms with Crippen LogP contribution in [-0.4, -0.2) is 25.7 Å². The summed E-state index contributed by atoms with van der Waals surface area (Å²) in [6.45, 7) is 0. The summed E-state index contributed by atoms with van der Waals surface area (Å²) in [5.41, 5.74) is -0.626. The van der Waals surface area contributed by atoms with Gasteiger partial charge in [0.1, 0.15) is 6.33 Å². The maximum absolute atomic E-state index is 12.4. The van der Waals surface area contributed by atoms with Gasteiger partial charge in [-0.05, 0) is 12.1 Å². The Morgan fingerprint density at radius 2 is 2.20 bits per heavy atom. The van der Waals surface area contributed by atoms with E-state index in [1.807, 2.05) is 0 Å². The molecule has 2 aromatic rings. The number of nitrogens with zero attached hydrogens (tertiary/aromatic N) is 3. The van der Waals surface area contributed by atoms with Crippen molar-refractivity contribution in [2.75, 3.05) is 0 Å². The summed E-state index contributed by atoms with van der Waals surface area (Å²) < 4.78 is 25.8. The van der Waals surface area contributed by atoms with E-state index in [0.29, 0.717) is 0 Å². The number of carboxylic acid groups (broad SMARTS) is 1. The molecule has 0 spiro atoms. The summed E-state index contributed by atoms with van der Waals surface area (Å²) in [4.78, 5) is 14.4. The first-order valence-electron chi connectivity index (χ1n) is 3.94. The normalized spacial score (nSPS) is 11.1. The number of alkyl halides is 2. The third-order valence-corrected chi connectivity index (χ3v) is 1.87. The van der Waals surface area contributed by atoms with Gasteiger partial charge in [-0.3, -0.25) is 0 Å². The number of halogens is 2.